The number of pyridine rings is 1. The second-order valence-corrected chi connectivity index (χ2v) is 7.67. The van der Waals surface area contributed by atoms with Crippen molar-refractivity contribution >= 4 is 22.8 Å². The summed E-state index contributed by atoms with van der Waals surface area (Å²) >= 11 is 0. The molecule has 0 spiro atoms. The van der Waals surface area contributed by atoms with Crippen molar-refractivity contribution < 1.29 is 9.59 Å². The first-order chi connectivity index (χ1) is 15.2. The molecule has 3 N–H and O–H groups in total. The van der Waals surface area contributed by atoms with Crippen LogP contribution in [0.15, 0.2) is 67.0 Å². The Bertz CT molecular complexity index is 1230. The molecule has 0 bridgehead atoms. The van der Waals surface area contributed by atoms with E-state index in [0.717, 1.165) is 35.0 Å². The van der Waals surface area contributed by atoms with Crippen LogP contribution in [0.25, 0.3) is 22.2 Å². The number of imidazole rings is 1. The summed E-state index contributed by atoms with van der Waals surface area (Å²) < 4.78 is 0. The highest BCUT2D eigenvalue weighted by Gasteiger charge is 2.23. The fourth-order valence-corrected chi connectivity index (χ4v) is 3.39. The topological polar surface area (TPSA) is 99.8 Å². The van der Waals surface area contributed by atoms with Gasteiger partial charge in [0.05, 0.1) is 23.1 Å². The maximum Gasteiger partial charge on any atom is 0.253 e. The Hall–Kier alpha value is -4.00. The molecule has 1 saturated carbocycles. The number of hydrogen-bond acceptors (Lipinski definition) is 4. The van der Waals surface area contributed by atoms with Crippen molar-refractivity contribution in [3.63, 3.8) is 0 Å². The van der Waals surface area contributed by atoms with E-state index in [2.05, 4.69) is 25.6 Å². The largest absolute Gasteiger partial charge is 0.349 e. The lowest BCUT2D eigenvalue weighted by Gasteiger charge is -2.07. The van der Waals surface area contributed by atoms with Crippen LogP contribution in [0.4, 0.5) is 0 Å². The van der Waals surface area contributed by atoms with Crippen molar-refractivity contribution in [2.24, 2.45) is 0 Å². The van der Waals surface area contributed by atoms with Crippen LogP contribution >= 0.6 is 0 Å². The number of nitrogens with zero attached hydrogens (tertiary/aromatic N) is 2. The van der Waals surface area contributed by atoms with Crippen molar-refractivity contribution in [1.29, 1.82) is 0 Å². The first-order valence-electron chi connectivity index (χ1n) is 10.2. The van der Waals surface area contributed by atoms with Crippen LogP contribution in [0.1, 0.15) is 39.4 Å². The molecule has 5 rings (SSSR count). The van der Waals surface area contributed by atoms with Gasteiger partial charge in [0.1, 0.15) is 5.82 Å². The highest BCUT2D eigenvalue weighted by molar-refractivity contribution is 5.96. The van der Waals surface area contributed by atoms with Crippen molar-refractivity contribution in [3.8, 4) is 11.1 Å². The minimum absolute atomic E-state index is 0.0501. The van der Waals surface area contributed by atoms with E-state index in [-0.39, 0.29) is 11.8 Å². The third kappa shape index (κ3) is 4.30. The molecule has 1 aliphatic rings. The Morgan fingerprint density at radius 2 is 1.74 bits per heavy atom. The zero-order chi connectivity index (χ0) is 21.2. The van der Waals surface area contributed by atoms with Gasteiger partial charge in [-0.05, 0) is 48.7 Å². The lowest BCUT2D eigenvalue weighted by Crippen LogP contribution is -2.25. The summed E-state index contributed by atoms with van der Waals surface area (Å²) in [6.07, 6.45) is 5.35. The van der Waals surface area contributed by atoms with Crippen LogP contribution in [0.3, 0.4) is 0 Å². The lowest BCUT2D eigenvalue weighted by molar-refractivity contribution is 0.0942. The number of aromatic amines is 1. The van der Waals surface area contributed by atoms with Crippen LogP contribution < -0.4 is 10.6 Å². The Kier molecular flexibility index (Phi) is 4.92. The molecule has 0 atom stereocenters. The number of carbonyl (C=O) groups is 2. The monoisotopic (exact) mass is 411 g/mol. The van der Waals surface area contributed by atoms with Crippen LogP contribution in [0.2, 0.25) is 0 Å². The smallest absolute Gasteiger partial charge is 0.253 e. The zero-order valence-electron chi connectivity index (χ0n) is 16.8. The first kappa shape index (κ1) is 19.0. The molecule has 2 aromatic heterocycles. The lowest BCUT2D eigenvalue weighted by atomic mass is 10.0. The van der Waals surface area contributed by atoms with Crippen LogP contribution in [0, 0.1) is 0 Å². The SMILES string of the molecule is O=C(NCc1nc2ccccc2[nH]1)c1cncc(-c2ccc(C(=O)NC3CC3)cc2)c1. The van der Waals surface area contributed by atoms with Crippen molar-refractivity contribution in [3.05, 3.63) is 83.9 Å². The Labute approximate surface area is 178 Å². The minimum Gasteiger partial charge on any atom is -0.349 e. The number of aromatic nitrogens is 3. The first-order valence-corrected chi connectivity index (χ1v) is 10.2. The molecule has 4 aromatic rings. The molecule has 2 aromatic carbocycles. The van der Waals surface area contributed by atoms with E-state index in [1.807, 2.05) is 36.4 Å². The van der Waals surface area contributed by atoms with E-state index < -0.39 is 0 Å². The number of hydrogen-bond donors (Lipinski definition) is 3. The third-order valence-electron chi connectivity index (χ3n) is 5.25. The number of carbonyl (C=O) groups excluding carboxylic acids is 2. The predicted octanol–water partition coefficient (Wildman–Crippen LogP) is 3.45. The maximum absolute atomic E-state index is 12.6. The molecule has 2 amide bonds. The standard InChI is InChI=1S/C24H21N5O2/c30-23(26-14-22-28-20-3-1-2-4-21(20)29-22)18-11-17(12-25-13-18)15-5-7-16(8-6-15)24(31)27-19-9-10-19/h1-8,11-13,19H,9-10,14H2,(H,26,30)(H,27,31)(H,28,29). The summed E-state index contributed by atoms with van der Waals surface area (Å²) in [5.41, 5.74) is 4.59. The molecular formula is C24H21N5O2. The summed E-state index contributed by atoms with van der Waals surface area (Å²) in [6, 6.07) is 17.2. The van der Waals surface area contributed by atoms with Crippen LogP contribution in [-0.2, 0) is 6.54 Å². The summed E-state index contributed by atoms with van der Waals surface area (Å²) in [6.45, 7) is 0.294. The summed E-state index contributed by atoms with van der Waals surface area (Å²) in [4.78, 5) is 36.6. The van der Waals surface area contributed by atoms with Gasteiger partial charge in [-0.2, -0.15) is 0 Å². The molecule has 0 radical (unpaired) electrons. The fraction of sp³-hybridized carbons (Fsp3) is 0.167. The van der Waals surface area contributed by atoms with E-state index in [1.54, 1.807) is 24.4 Å². The highest BCUT2D eigenvalue weighted by atomic mass is 16.2. The normalized spacial score (nSPS) is 13.2. The van der Waals surface area contributed by atoms with Gasteiger partial charge in [-0.25, -0.2) is 4.98 Å². The van der Waals surface area contributed by atoms with Crippen LogP contribution in [0.5, 0.6) is 0 Å². The van der Waals surface area contributed by atoms with E-state index in [0.29, 0.717) is 29.5 Å². The molecule has 31 heavy (non-hydrogen) atoms. The van der Waals surface area contributed by atoms with Gasteiger partial charge in [0, 0.05) is 29.6 Å². The molecular weight excluding hydrogens is 390 g/mol. The molecule has 0 saturated heterocycles. The fourth-order valence-electron chi connectivity index (χ4n) is 3.39. The third-order valence-corrected chi connectivity index (χ3v) is 5.25. The van der Waals surface area contributed by atoms with Crippen molar-refractivity contribution in [2.75, 3.05) is 0 Å². The zero-order valence-corrected chi connectivity index (χ0v) is 16.8. The van der Waals surface area contributed by atoms with E-state index in [4.69, 9.17) is 0 Å². The molecule has 7 nitrogen and oxygen atoms in total. The van der Waals surface area contributed by atoms with Gasteiger partial charge in [-0.1, -0.05) is 24.3 Å². The van der Waals surface area contributed by atoms with Crippen molar-refractivity contribution in [1.82, 2.24) is 25.6 Å². The molecule has 2 heterocycles. The number of benzene rings is 2. The predicted molar refractivity (Wildman–Crippen MR) is 117 cm³/mol. The van der Waals surface area contributed by atoms with Gasteiger partial charge < -0.3 is 15.6 Å². The van der Waals surface area contributed by atoms with Crippen LogP contribution in [-0.4, -0.2) is 32.8 Å². The molecule has 1 aliphatic carbocycles. The summed E-state index contributed by atoms with van der Waals surface area (Å²) in [5.74, 6) is 0.417. The minimum atomic E-state index is -0.227. The van der Waals surface area contributed by atoms with E-state index >= 15 is 0 Å². The number of fused-ring (bicyclic) bond motifs is 1. The molecule has 0 unspecified atom stereocenters. The molecule has 0 aliphatic heterocycles. The van der Waals surface area contributed by atoms with Gasteiger partial charge in [0.15, 0.2) is 0 Å². The van der Waals surface area contributed by atoms with E-state index in [1.165, 1.54) is 6.20 Å². The van der Waals surface area contributed by atoms with Gasteiger partial charge in [-0.15, -0.1) is 0 Å². The van der Waals surface area contributed by atoms with Gasteiger partial charge in [-0.3, -0.25) is 14.6 Å². The molecule has 154 valence electrons. The van der Waals surface area contributed by atoms with Gasteiger partial charge in [0.2, 0.25) is 0 Å². The number of nitrogens with one attached hydrogen (secondary N) is 3. The maximum atomic E-state index is 12.6. The average molecular weight is 411 g/mol. The quantitative estimate of drug-likeness (QED) is 0.452. The summed E-state index contributed by atoms with van der Waals surface area (Å²) in [7, 11) is 0. The Balaban J connectivity index is 1.26. The second kappa shape index (κ2) is 8.02. The molecule has 7 heteroatoms. The average Bonchev–Trinajstić information content (AvgIpc) is 3.52. The number of amides is 2. The molecule has 1 fully saturated rings. The second-order valence-electron chi connectivity index (χ2n) is 7.67. The number of para-hydroxylation sites is 2. The van der Waals surface area contributed by atoms with Gasteiger partial charge in [0.25, 0.3) is 11.8 Å². The summed E-state index contributed by atoms with van der Waals surface area (Å²) in [5, 5.41) is 5.85. The Morgan fingerprint density at radius 3 is 2.52 bits per heavy atom. The number of H-pyrrole nitrogens is 1. The van der Waals surface area contributed by atoms with E-state index in [9.17, 15) is 9.59 Å². The number of rotatable bonds is 6. The van der Waals surface area contributed by atoms with Crippen molar-refractivity contribution in [2.45, 2.75) is 25.4 Å². The Morgan fingerprint density at radius 1 is 0.935 bits per heavy atom. The van der Waals surface area contributed by atoms with Gasteiger partial charge >= 0.3 is 0 Å². The highest BCUT2D eigenvalue weighted by Crippen LogP contribution is 2.22.